The first kappa shape index (κ1) is 14.6. The summed E-state index contributed by atoms with van der Waals surface area (Å²) < 4.78 is 0. The maximum atomic E-state index is 4.86. The Balaban J connectivity index is 1.83. The van der Waals surface area contributed by atoms with Gasteiger partial charge in [-0.3, -0.25) is 0 Å². The SMILES string of the molecule is CNCCNc1nc2c(c(N3CCCCCC3)n1)CCC2. The molecule has 0 aromatic carbocycles. The van der Waals surface area contributed by atoms with E-state index in [4.69, 9.17) is 9.97 Å². The van der Waals surface area contributed by atoms with Crippen LogP contribution in [-0.2, 0) is 12.8 Å². The number of rotatable bonds is 5. The highest BCUT2D eigenvalue weighted by Crippen LogP contribution is 2.31. The standard InChI is InChI=1S/C16H27N5/c1-17-9-10-18-16-19-14-8-6-7-13(14)15(20-16)21-11-4-2-3-5-12-21/h17H,2-12H2,1H3,(H,18,19,20). The van der Waals surface area contributed by atoms with E-state index in [0.717, 1.165) is 45.0 Å². The van der Waals surface area contributed by atoms with Gasteiger partial charge in [-0.05, 0) is 39.2 Å². The van der Waals surface area contributed by atoms with E-state index >= 15 is 0 Å². The van der Waals surface area contributed by atoms with Crippen molar-refractivity contribution in [3.8, 4) is 0 Å². The molecule has 0 saturated carbocycles. The number of nitrogens with zero attached hydrogens (tertiary/aromatic N) is 3. The molecule has 0 spiro atoms. The van der Waals surface area contributed by atoms with Crippen molar-refractivity contribution >= 4 is 11.8 Å². The normalized spacial score (nSPS) is 18.4. The molecule has 0 radical (unpaired) electrons. The third kappa shape index (κ3) is 3.46. The molecule has 2 heterocycles. The van der Waals surface area contributed by atoms with E-state index < -0.39 is 0 Å². The van der Waals surface area contributed by atoms with Crippen molar-refractivity contribution in [2.75, 3.05) is 43.4 Å². The van der Waals surface area contributed by atoms with Crippen LogP contribution in [0, 0.1) is 0 Å². The Labute approximate surface area is 127 Å². The predicted molar refractivity (Wildman–Crippen MR) is 87.2 cm³/mol. The fourth-order valence-electron chi connectivity index (χ4n) is 3.34. The van der Waals surface area contributed by atoms with Crippen molar-refractivity contribution in [2.45, 2.75) is 44.9 Å². The molecule has 3 rings (SSSR count). The van der Waals surface area contributed by atoms with E-state index in [0.29, 0.717) is 0 Å². The van der Waals surface area contributed by atoms with Crippen LogP contribution in [0.4, 0.5) is 11.8 Å². The zero-order valence-corrected chi connectivity index (χ0v) is 13.1. The lowest BCUT2D eigenvalue weighted by atomic mass is 10.2. The molecule has 5 nitrogen and oxygen atoms in total. The summed E-state index contributed by atoms with van der Waals surface area (Å²) in [6.07, 6.45) is 8.79. The van der Waals surface area contributed by atoms with E-state index in [2.05, 4.69) is 15.5 Å². The largest absolute Gasteiger partial charge is 0.356 e. The Morgan fingerprint density at radius 2 is 1.76 bits per heavy atom. The van der Waals surface area contributed by atoms with Crippen LogP contribution in [0.2, 0.25) is 0 Å². The van der Waals surface area contributed by atoms with Crippen LogP contribution in [-0.4, -0.2) is 43.2 Å². The molecule has 0 bridgehead atoms. The van der Waals surface area contributed by atoms with E-state index in [1.165, 1.54) is 49.2 Å². The van der Waals surface area contributed by atoms with Crippen LogP contribution in [0.1, 0.15) is 43.4 Å². The average molecular weight is 289 g/mol. The van der Waals surface area contributed by atoms with E-state index in [9.17, 15) is 0 Å². The van der Waals surface area contributed by atoms with Crippen molar-refractivity contribution < 1.29 is 0 Å². The van der Waals surface area contributed by atoms with Crippen molar-refractivity contribution in [3.05, 3.63) is 11.3 Å². The van der Waals surface area contributed by atoms with Gasteiger partial charge >= 0.3 is 0 Å². The Bertz CT molecular complexity index is 466. The van der Waals surface area contributed by atoms with Gasteiger partial charge < -0.3 is 15.5 Å². The van der Waals surface area contributed by atoms with Crippen LogP contribution in [0.3, 0.4) is 0 Å². The Hall–Kier alpha value is -1.36. The highest BCUT2D eigenvalue weighted by molar-refractivity contribution is 5.54. The zero-order chi connectivity index (χ0) is 14.5. The summed E-state index contributed by atoms with van der Waals surface area (Å²) in [5.41, 5.74) is 2.69. The summed E-state index contributed by atoms with van der Waals surface area (Å²) in [7, 11) is 1.97. The van der Waals surface area contributed by atoms with Crippen LogP contribution < -0.4 is 15.5 Å². The third-order valence-corrected chi connectivity index (χ3v) is 4.47. The van der Waals surface area contributed by atoms with Gasteiger partial charge in [0.25, 0.3) is 0 Å². The second kappa shape index (κ2) is 7.07. The van der Waals surface area contributed by atoms with E-state index in [-0.39, 0.29) is 0 Å². The molecule has 1 aliphatic carbocycles. The third-order valence-electron chi connectivity index (χ3n) is 4.47. The number of fused-ring (bicyclic) bond motifs is 1. The molecule has 1 aromatic heterocycles. The van der Waals surface area contributed by atoms with Crippen molar-refractivity contribution in [1.29, 1.82) is 0 Å². The number of anilines is 2. The van der Waals surface area contributed by atoms with Crippen LogP contribution in [0.15, 0.2) is 0 Å². The molecule has 5 heteroatoms. The van der Waals surface area contributed by atoms with Crippen LogP contribution in [0.5, 0.6) is 0 Å². The van der Waals surface area contributed by atoms with Gasteiger partial charge in [-0.2, -0.15) is 4.98 Å². The Morgan fingerprint density at radius 1 is 0.952 bits per heavy atom. The Kier molecular flexibility index (Phi) is 4.91. The maximum absolute atomic E-state index is 4.86. The summed E-state index contributed by atoms with van der Waals surface area (Å²) in [5.74, 6) is 2.02. The molecule has 2 aliphatic rings. The van der Waals surface area contributed by atoms with Gasteiger partial charge in [0.05, 0.1) is 5.69 Å². The monoisotopic (exact) mass is 289 g/mol. The average Bonchev–Trinajstić information content (AvgIpc) is 2.80. The quantitative estimate of drug-likeness (QED) is 0.812. The van der Waals surface area contributed by atoms with Gasteiger partial charge in [-0.15, -0.1) is 0 Å². The molecule has 1 fully saturated rings. The van der Waals surface area contributed by atoms with Gasteiger partial charge in [0.2, 0.25) is 5.95 Å². The van der Waals surface area contributed by atoms with Crippen molar-refractivity contribution in [2.24, 2.45) is 0 Å². The minimum absolute atomic E-state index is 0.810. The molecule has 0 unspecified atom stereocenters. The summed E-state index contributed by atoms with van der Waals surface area (Å²) in [6, 6.07) is 0. The second-order valence-electron chi connectivity index (χ2n) is 6.08. The molecular formula is C16H27N5. The summed E-state index contributed by atoms with van der Waals surface area (Å²) >= 11 is 0. The Morgan fingerprint density at radius 3 is 2.52 bits per heavy atom. The van der Waals surface area contributed by atoms with Gasteiger partial charge in [0, 0.05) is 31.7 Å². The number of aromatic nitrogens is 2. The number of likely N-dealkylation sites (N-methyl/N-ethyl adjacent to an activating group) is 1. The highest BCUT2D eigenvalue weighted by Gasteiger charge is 2.23. The number of hydrogen-bond donors (Lipinski definition) is 2. The lowest BCUT2D eigenvalue weighted by Gasteiger charge is -2.24. The van der Waals surface area contributed by atoms with Gasteiger partial charge in [-0.1, -0.05) is 12.8 Å². The smallest absolute Gasteiger partial charge is 0.224 e. The molecule has 21 heavy (non-hydrogen) atoms. The molecule has 2 N–H and O–H groups in total. The molecule has 1 aromatic rings. The minimum Gasteiger partial charge on any atom is -0.356 e. The lowest BCUT2D eigenvalue weighted by molar-refractivity contribution is 0.726. The molecule has 0 atom stereocenters. The van der Waals surface area contributed by atoms with Gasteiger partial charge in [0.15, 0.2) is 0 Å². The zero-order valence-electron chi connectivity index (χ0n) is 13.1. The predicted octanol–water partition coefficient (Wildman–Crippen LogP) is 1.98. The molecule has 0 amide bonds. The topological polar surface area (TPSA) is 53.1 Å². The van der Waals surface area contributed by atoms with Crippen LogP contribution >= 0.6 is 0 Å². The molecular weight excluding hydrogens is 262 g/mol. The fourth-order valence-corrected chi connectivity index (χ4v) is 3.34. The summed E-state index contributed by atoms with van der Waals surface area (Å²) in [5, 5.41) is 6.51. The lowest BCUT2D eigenvalue weighted by Crippen LogP contribution is -2.27. The minimum atomic E-state index is 0.810. The summed E-state index contributed by atoms with van der Waals surface area (Å²) in [4.78, 5) is 12.1. The fraction of sp³-hybridized carbons (Fsp3) is 0.750. The highest BCUT2D eigenvalue weighted by atomic mass is 15.2. The first-order chi connectivity index (χ1) is 10.4. The number of aryl methyl sites for hydroxylation is 1. The van der Waals surface area contributed by atoms with Gasteiger partial charge in [0.1, 0.15) is 5.82 Å². The number of hydrogen-bond acceptors (Lipinski definition) is 5. The first-order valence-electron chi connectivity index (χ1n) is 8.41. The van der Waals surface area contributed by atoms with E-state index in [1.54, 1.807) is 0 Å². The van der Waals surface area contributed by atoms with Gasteiger partial charge in [-0.25, -0.2) is 4.98 Å². The molecule has 1 aliphatic heterocycles. The first-order valence-corrected chi connectivity index (χ1v) is 8.41. The van der Waals surface area contributed by atoms with E-state index in [1.807, 2.05) is 7.05 Å². The van der Waals surface area contributed by atoms with Crippen molar-refractivity contribution in [3.63, 3.8) is 0 Å². The summed E-state index contributed by atoms with van der Waals surface area (Å²) in [6.45, 7) is 4.10. The maximum Gasteiger partial charge on any atom is 0.224 e. The van der Waals surface area contributed by atoms with Crippen LogP contribution in [0.25, 0.3) is 0 Å². The molecule has 1 saturated heterocycles. The van der Waals surface area contributed by atoms with Crippen molar-refractivity contribution in [1.82, 2.24) is 15.3 Å². The number of nitrogens with one attached hydrogen (secondary N) is 2. The second-order valence-corrected chi connectivity index (χ2v) is 6.08. The molecule has 116 valence electrons.